The van der Waals surface area contributed by atoms with Crippen molar-refractivity contribution in [1.82, 2.24) is 4.98 Å². The van der Waals surface area contributed by atoms with Gasteiger partial charge in [0.05, 0.1) is 22.4 Å². The molecule has 1 aromatic heterocycles. The monoisotopic (exact) mass is 367 g/mol. The SMILES string of the molecule is Cc1ccc2c(NC(=O)C(C)O)c(O)c3c(c2n1)C=CC1(C)CCC(=O)N31. The van der Waals surface area contributed by atoms with Gasteiger partial charge in [0.15, 0.2) is 5.75 Å². The minimum atomic E-state index is -1.24. The van der Waals surface area contributed by atoms with Crippen molar-refractivity contribution in [2.45, 2.75) is 45.3 Å². The van der Waals surface area contributed by atoms with Gasteiger partial charge in [-0.2, -0.15) is 0 Å². The third-order valence-electron chi connectivity index (χ3n) is 5.34. The molecule has 2 aliphatic rings. The van der Waals surface area contributed by atoms with E-state index in [-0.39, 0.29) is 17.3 Å². The van der Waals surface area contributed by atoms with Gasteiger partial charge in [0, 0.05) is 23.1 Å². The molecule has 2 aliphatic heterocycles. The van der Waals surface area contributed by atoms with Crippen molar-refractivity contribution in [2.75, 3.05) is 10.2 Å². The van der Waals surface area contributed by atoms with Gasteiger partial charge in [-0.05, 0) is 39.3 Å². The van der Waals surface area contributed by atoms with Crippen LogP contribution in [0.15, 0.2) is 18.2 Å². The number of hydrogen-bond acceptors (Lipinski definition) is 5. The summed E-state index contributed by atoms with van der Waals surface area (Å²) in [4.78, 5) is 30.9. The molecule has 2 aromatic rings. The summed E-state index contributed by atoms with van der Waals surface area (Å²) in [6, 6.07) is 3.55. The van der Waals surface area contributed by atoms with Gasteiger partial charge in [0.1, 0.15) is 6.10 Å². The fourth-order valence-electron chi connectivity index (χ4n) is 3.86. The number of amides is 2. The van der Waals surface area contributed by atoms with E-state index in [0.29, 0.717) is 35.0 Å². The highest BCUT2D eigenvalue weighted by Gasteiger charge is 2.45. The van der Waals surface area contributed by atoms with Crippen LogP contribution in [-0.2, 0) is 9.59 Å². The van der Waals surface area contributed by atoms with E-state index in [1.807, 2.05) is 26.0 Å². The summed E-state index contributed by atoms with van der Waals surface area (Å²) < 4.78 is 0. The number of aromatic nitrogens is 1. The molecule has 2 amide bonds. The number of carbonyl (C=O) groups excluding carboxylic acids is 2. The van der Waals surface area contributed by atoms with Crippen LogP contribution in [0.25, 0.3) is 17.0 Å². The van der Waals surface area contributed by atoms with Crippen LogP contribution in [0.5, 0.6) is 5.75 Å². The van der Waals surface area contributed by atoms with Gasteiger partial charge in [-0.1, -0.05) is 12.2 Å². The van der Waals surface area contributed by atoms with Crippen LogP contribution in [0.1, 0.15) is 37.9 Å². The summed E-state index contributed by atoms with van der Waals surface area (Å²) in [6.07, 6.45) is 3.65. The first-order chi connectivity index (χ1) is 12.7. The summed E-state index contributed by atoms with van der Waals surface area (Å²) in [5.74, 6) is -0.921. The number of anilines is 2. The van der Waals surface area contributed by atoms with Gasteiger partial charge in [-0.3, -0.25) is 19.5 Å². The van der Waals surface area contributed by atoms with Crippen molar-refractivity contribution in [3.63, 3.8) is 0 Å². The number of phenols is 1. The third-order valence-corrected chi connectivity index (χ3v) is 5.34. The number of carbonyl (C=O) groups is 2. The summed E-state index contributed by atoms with van der Waals surface area (Å²) in [5, 5.41) is 23.8. The van der Waals surface area contributed by atoms with E-state index in [1.165, 1.54) is 6.92 Å². The summed E-state index contributed by atoms with van der Waals surface area (Å²) >= 11 is 0. The van der Waals surface area contributed by atoms with Gasteiger partial charge in [0.25, 0.3) is 5.91 Å². The van der Waals surface area contributed by atoms with Gasteiger partial charge in [0.2, 0.25) is 5.91 Å². The van der Waals surface area contributed by atoms with Crippen LogP contribution >= 0.6 is 0 Å². The second-order valence-electron chi connectivity index (χ2n) is 7.42. The predicted molar refractivity (Wildman–Crippen MR) is 103 cm³/mol. The van der Waals surface area contributed by atoms with Crippen molar-refractivity contribution >= 4 is 40.2 Å². The van der Waals surface area contributed by atoms with E-state index < -0.39 is 17.6 Å². The molecule has 0 bridgehead atoms. The number of pyridine rings is 1. The molecular formula is C20H21N3O4. The number of aliphatic hydroxyl groups is 1. The average Bonchev–Trinajstić information content (AvgIpc) is 2.93. The number of nitrogens with one attached hydrogen (secondary N) is 1. The number of hydrogen-bond donors (Lipinski definition) is 3. The van der Waals surface area contributed by atoms with Gasteiger partial charge in [-0.25, -0.2) is 0 Å². The molecular weight excluding hydrogens is 346 g/mol. The molecule has 7 nitrogen and oxygen atoms in total. The molecule has 2 atom stereocenters. The van der Waals surface area contributed by atoms with Gasteiger partial charge < -0.3 is 15.5 Å². The van der Waals surface area contributed by atoms with Crippen LogP contribution < -0.4 is 10.2 Å². The zero-order valence-corrected chi connectivity index (χ0v) is 15.4. The molecule has 4 rings (SSSR count). The molecule has 3 N–H and O–H groups in total. The first-order valence-corrected chi connectivity index (χ1v) is 8.90. The molecule has 140 valence electrons. The van der Waals surface area contributed by atoms with Crippen LogP contribution in [0, 0.1) is 6.92 Å². The standard InChI is InChI=1S/C20H21N3O4/c1-10-4-5-12-15(21-10)13-6-8-20(3)9-7-14(25)23(20)17(13)18(26)16(12)22-19(27)11(2)24/h4-6,8,11,24,26H,7,9H2,1-3H3,(H,22,27). The largest absolute Gasteiger partial charge is 0.504 e. The Morgan fingerprint density at radius 1 is 1.41 bits per heavy atom. The van der Waals surface area contributed by atoms with Crippen LogP contribution in [0.3, 0.4) is 0 Å². The van der Waals surface area contributed by atoms with E-state index >= 15 is 0 Å². The van der Waals surface area contributed by atoms with E-state index in [9.17, 15) is 19.8 Å². The van der Waals surface area contributed by atoms with E-state index in [4.69, 9.17) is 0 Å². The highest BCUT2D eigenvalue weighted by atomic mass is 16.3. The van der Waals surface area contributed by atoms with Crippen molar-refractivity contribution in [1.29, 1.82) is 0 Å². The Morgan fingerprint density at radius 3 is 2.85 bits per heavy atom. The lowest BCUT2D eigenvalue weighted by molar-refractivity contribution is -0.123. The molecule has 7 heteroatoms. The van der Waals surface area contributed by atoms with Crippen LogP contribution in [0.2, 0.25) is 0 Å². The van der Waals surface area contributed by atoms with Gasteiger partial charge in [-0.15, -0.1) is 0 Å². The number of rotatable bonds is 2. The molecule has 1 aromatic carbocycles. The van der Waals surface area contributed by atoms with Crippen molar-refractivity contribution in [2.24, 2.45) is 0 Å². The minimum Gasteiger partial charge on any atom is -0.504 e. The molecule has 1 saturated heterocycles. The maximum absolute atomic E-state index is 12.6. The number of phenolic OH excluding ortho intramolecular Hbond substituents is 1. The number of nitrogens with zero attached hydrogens (tertiary/aromatic N) is 2. The molecule has 0 saturated carbocycles. The molecule has 0 aliphatic carbocycles. The summed E-state index contributed by atoms with van der Waals surface area (Å²) in [7, 11) is 0. The number of benzene rings is 1. The topological polar surface area (TPSA) is 103 Å². The molecule has 0 radical (unpaired) electrons. The van der Waals surface area contributed by atoms with Crippen molar-refractivity contribution < 1.29 is 19.8 Å². The van der Waals surface area contributed by atoms with Crippen molar-refractivity contribution in [3.05, 3.63) is 29.5 Å². The Kier molecular flexibility index (Phi) is 3.75. The van der Waals surface area contributed by atoms with Crippen molar-refractivity contribution in [3.8, 4) is 5.75 Å². The van der Waals surface area contributed by atoms with Crippen LogP contribution in [-0.4, -0.2) is 38.7 Å². The number of aryl methyl sites for hydroxylation is 1. The maximum Gasteiger partial charge on any atom is 0.253 e. The Labute approximate surface area is 156 Å². The van der Waals surface area contributed by atoms with E-state index in [1.54, 1.807) is 17.0 Å². The minimum absolute atomic E-state index is 0.0850. The first kappa shape index (κ1) is 17.5. The highest BCUT2D eigenvalue weighted by Crippen LogP contribution is 2.52. The third kappa shape index (κ3) is 2.49. The lowest BCUT2D eigenvalue weighted by Crippen LogP contribution is -2.44. The predicted octanol–water partition coefficient (Wildman–Crippen LogP) is 2.48. The van der Waals surface area contributed by atoms with Gasteiger partial charge >= 0.3 is 0 Å². The maximum atomic E-state index is 12.6. The van der Waals surface area contributed by atoms with E-state index in [2.05, 4.69) is 10.3 Å². The molecule has 2 unspecified atom stereocenters. The van der Waals surface area contributed by atoms with E-state index in [0.717, 1.165) is 5.69 Å². The number of fused-ring (bicyclic) bond motifs is 5. The second kappa shape index (κ2) is 5.79. The number of aromatic hydroxyl groups is 1. The molecule has 1 fully saturated rings. The van der Waals surface area contributed by atoms with Crippen LogP contribution in [0.4, 0.5) is 11.4 Å². The Bertz CT molecular complexity index is 1030. The smallest absolute Gasteiger partial charge is 0.253 e. The normalized spacial score (nSPS) is 21.9. The summed E-state index contributed by atoms with van der Waals surface area (Å²) in [5.41, 5.74) is 1.99. The quantitative estimate of drug-likeness (QED) is 0.708. The zero-order chi connectivity index (χ0) is 19.5. The number of aliphatic hydroxyl groups excluding tert-OH is 1. The second-order valence-corrected chi connectivity index (χ2v) is 7.42. The Hall–Kier alpha value is -2.93. The highest BCUT2D eigenvalue weighted by molar-refractivity contribution is 6.15. The zero-order valence-electron chi connectivity index (χ0n) is 15.4. The molecule has 3 heterocycles. The summed E-state index contributed by atoms with van der Waals surface area (Å²) in [6.45, 7) is 5.14. The first-order valence-electron chi connectivity index (χ1n) is 8.90. The average molecular weight is 367 g/mol. The fraction of sp³-hybridized carbons (Fsp3) is 0.350. The lowest BCUT2D eigenvalue weighted by atomic mass is 9.90. The molecule has 0 spiro atoms. The Balaban J connectivity index is 2.06. The fourth-order valence-corrected chi connectivity index (χ4v) is 3.86. The molecule has 27 heavy (non-hydrogen) atoms. The lowest BCUT2D eigenvalue weighted by Gasteiger charge is -2.38. The Morgan fingerprint density at radius 2 is 2.15 bits per heavy atom.